The first-order valence-electron chi connectivity index (χ1n) is 6.95. The maximum atomic E-state index is 5.69. The van der Waals surface area contributed by atoms with Crippen LogP contribution in [0.25, 0.3) is 0 Å². The van der Waals surface area contributed by atoms with Gasteiger partial charge in [0.2, 0.25) is 0 Å². The summed E-state index contributed by atoms with van der Waals surface area (Å²) in [6, 6.07) is 0. The molecule has 0 radical (unpaired) electrons. The molecule has 3 N–H and O–H groups in total. The molecule has 1 fully saturated rings. The van der Waals surface area contributed by atoms with Crippen molar-refractivity contribution in [3.05, 3.63) is 0 Å². The van der Waals surface area contributed by atoms with Gasteiger partial charge in [0, 0.05) is 0 Å². The Morgan fingerprint density at radius 3 is 2.44 bits per heavy atom. The Balaban J connectivity index is 2.06. The van der Waals surface area contributed by atoms with Gasteiger partial charge in [-0.25, -0.2) is 0 Å². The lowest BCUT2D eigenvalue weighted by Gasteiger charge is -2.30. The second kappa shape index (κ2) is 6.61. The minimum Gasteiger partial charge on any atom is -0.330 e. The summed E-state index contributed by atoms with van der Waals surface area (Å²) in [6.45, 7) is 10.3. The van der Waals surface area contributed by atoms with Crippen molar-refractivity contribution in [2.75, 3.05) is 19.6 Å². The summed E-state index contributed by atoms with van der Waals surface area (Å²) >= 11 is 0. The average molecular weight is 226 g/mol. The highest BCUT2D eigenvalue weighted by Crippen LogP contribution is 2.32. The van der Waals surface area contributed by atoms with Crippen LogP contribution in [0.4, 0.5) is 0 Å². The number of nitrogens with one attached hydrogen (secondary N) is 1. The summed E-state index contributed by atoms with van der Waals surface area (Å²) in [6.07, 6.45) is 6.69. The maximum absolute atomic E-state index is 5.69. The van der Waals surface area contributed by atoms with Crippen molar-refractivity contribution >= 4 is 0 Å². The molecule has 2 heteroatoms. The zero-order chi connectivity index (χ0) is 12.0. The fourth-order valence-corrected chi connectivity index (χ4v) is 2.31. The number of rotatable bonds is 8. The van der Waals surface area contributed by atoms with E-state index in [2.05, 4.69) is 26.1 Å². The Morgan fingerprint density at radius 2 is 1.94 bits per heavy atom. The van der Waals surface area contributed by atoms with Gasteiger partial charge >= 0.3 is 0 Å². The lowest BCUT2D eigenvalue weighted by Crippen LogP contribution is -2.25. The van der Waals surface area contributed by atoms with Gasteiger partial charge < -0.3 is 11.1 Å². The van der Waals surface area contributed by atoms with Crippen LogP contribution in [0.2, 0.25) is 0 Å². The van der Waals surface area contributed by atoms with Crippen LogP contribution in [0, 0.1) is 17.3 Å². The van der Waals surface area contributed by atoms with Gasteiger partial charge in [-0.3, -0.25) is 0 Å². The van der Waals surface area contributed by atoms with Gasteiger partial charge in [0.15, 0.2) is 0 Å². The highest BCUT2D eigenvalue weighted by Gasteiger charge is 2.23. The van der Waals surface area contributed by atoms with Crippen LogP contribution in [0.15, 0.2) is 0 Å². The normalized spacial score (nSPS) is 18.8. The number of nitrogens with two attached hydrogens (primary N) is 1. The monoisotopic (exact) mass is 226 g/mol. The lowest BCUT2D eigenvalue weighted by molar-refractivity contribution is 0.210. The molecule has 0 aromatic carbocycles. The molecule has 0 spiro atoms. The molecule has 16 heavy (non-hydrogen) atoms. The van der Waals surface area contributed by atoms with E-state index in [0.29, 0.717) is 5.41 Å². The van der Waals surface area contributed by atoms with Crippen LogP contribution < -0.4 is 11.1 Å². The Hall–Kier alpha value is -0.0800. The molecule has 1 saturated carbocycles. The van der Waals surface area contributed by atoms with Gasteiger partial charge in [0.1, 0.15) is 0 Å². The van der Waals surface area contributed by atoms with Gasteiger partial charge in [-0.15, -0.1) is 0 Å². The van der Waals surface area contributed by atoms with Crippen LogP contribution in [-0.2, 0) is 0 Å². The minimum absolute atomic E-state index is 0.413. The molecule has 0 aromatic rings. The first-order valence-corrected chi connectivity index (χ1v) is 6.95. The van der Waals surface area contributed by atoms with Crippen molar-refractivity contribution in [2.45, 2.75) is 52.9 Å². The van der Waals surface area contributed by atoms with Gasteiger partial charge in [0.05, 0.1) is 0 Å². The Bertz CT molecular complexity index is 180. The molecule has 1 unspecified atom stereocenters. The smallest absolute Gasteiger partial charge is 0.00205 e. The van der Waals surface area contributed by atoms with E-state index in [4.69, 9.17) is 5.73 Å². The van der Waals surface area contributed by atoms with E-state index in [0.717, 1.165) is 18.4 Å². The van der Waals surface area contributed by atoms with Crippen molar-refractivity contribution in [1.29, 1.82) is 0 Å². The molecule has 1 aliphatic carbocycles. The van der Waals surface area contributed by atoms with Crippen LogP contribution in [0.5, 0.6) is 0 Å². The second-order valence-corrected chi connectivity index (χ2v) is 6.43. The third kappa shape index (κ3) is 5.86. The van der Waals surface area contributed by atoms with Crippen molar-refractivity contribution in [3.63, 3.8) is 0 Å². The largest absolute Gasteiger partial charge is 0.330 e. The molecule has 1 atom stereocenters. The average Bonchev–Trinajstić information content (AvgIpc) is 2.98. The molecule has 0 heterocycles. The van der Waals surface area contributed by atoms with E-state index in [-0.39, 0.29) is 0 Å². The molecule has 0 aliphatic heterocycles. The van der Waals surface area contributed by atoms with Gasteiger partial charge in [-0.2, -0.15) is 0 Å². The quantitative estimate of drug-likeness (QED) is 0.625. The molecule has 0 bridgehead atoms. The number of hydrogen-bond donors (Lipinski definition) is 2. The molecular weight excluding hydrogens is 196 g/mol. The Morgan fingerprint density at radius 1 is 1.25 bits per heavy atom. The standard InChI is InChI=1S/C14H30N2/c1-14(2,3)13(8-9-15)5-4-10-16-11-12-6-7-12/h12-13,16H,4-11,15H2,1-3H3. The van der Waals surface area contributed by atoms with E-state index in [1.807, 2.05) is 0 Å². The third-order valence-corrected chi connectivity index (χ3v) is 3.78. The van der Waals surface area contributed by atoms with Crippen molar-refractivity contribution in [1.82, 2.24) is 5.32 Å². The topological polar surface area (TPSA) is 38.0 Å². The molecular formula is C14H30N2. The Kier molecular flexibility index (Phi) is 5.77. The summed E-state index contributed by atoms with van der Waals surface area (Å²) in [5.41, 5.74) is 6.10. The van der Waals surface area contributed by atoms with Gasteiger partial charge in [-0.1, -0.05) is 20.8 Å². The van der Waals surface area contributed by atoms with E-state index in [9.17, 15) is 0 Å². The molecule has 0 amide bonds. The maximum Gasteiger partial charge on any atom is -0.00205 e. The SMILES string of the molecule is CC(C)(C)C(CCN)CCCNCC1CC1. The van der Waals surface area contributed by atoms with E-state index in [1.54, 1.807) is 0 Å². The summed E-state index contributed by atoms with van der Waals surface area (Å²) in [5, 5.41) is 3.56. The predicted molar refractivity (Wildman–Crippen MR) is 71.4 cm³/mol. The highest BCUT2D eigenvalue weighted by molar-refractivity contribution is 4.77. The zero-order valence-electron chi connectivity index (χ0n) is 11.4. The second-order valence-electron chi connectivity index (χ2n) is 6.43. The van der Waals surface area contributed by atoms with Crippen LogP contribution in [0.3, 0.4) is 0 Å². The van der Waals surface area contributed by atoms with Gasteiger partial charge in [-0.05, 0) is 69.0 Å². The summed E-state index contributed by atoms with van der Waals surface area (Å²) < 4.78 is 0. The molecule has 0 aromatic heterocycles. The molecule has 2 nitrogen and oxygen atoms in total. The van der Waals surface area contributed by atoms with E-state index < -0.39 is 0 Å². The van der Waals surface area contributed by atoms with E-state index in [1.165, 1.54) is 45.2 Å². The fraction of sp³-hybridized carbons (Fsp3) is 1.00. The highest BCUT2D eigenvalue weighted by atomic mass is 14.9. The first-order chi connectivity index (χ1) is 7.54. The van der Waals surface area contributed by atoms with Crippen LogP contribution in [0.1, 0.15) is 52.9 Å². The van der Waals surface area contributed by atoms with E-state index >= 15 is 0 Å². The summed E-state index contributed by atoms with van der Waals surface area (Å²) in [7, 11) is 0. The lowest BCUT2D eigenvalue weighted by atomic mass is 9.76. The first kappa shape index (κ1) is 14.0. The molecule has 1 aliphatic rings. The fourth-order valence-electron chi connectivity index (χ4n) is 2.31. The van der Waals surface area contributed by atoms with Crippen molar-refractivity contribution in [3.8, 4) is 0 Å². The van der Waals surface area contributed by atoms with Crippen molar-refractivity contribution < 1.29 is 0 Å². The molecule has 96 valence electrons. The zero-order valence-corrected chi connectivity index (χ0v) is 11.4. The van der Waals surface area contributed by atoms with Gasteiger partial charge in [0.25, 0.3) is 0 Å². The molecule has 1 rings (SSSR count). The summed E-state index contributed by atoms with van der Waals surface area (Å²) in [4.78, 5) is 0. The third-order valence-electron chi connectivity index (χ3n) is 3.78. The van der Waals surface area contributed by atoms with Crippen LogP contribution >= 0.6 is 0 Å². The molecule has 0 saturated heterocycles. The predicted octanol–water partition coefficient (Wildman–Crippen LogP) is 2.78. The Labute approximate surface area is 101 Å². The van der Waals surface area contributed by atoms with Crippen LogP contribution in [-0.4, -0.2) is 19.6 Å². The summed E-state index contributed by atoms with van der Waals surface area (Å²) in [5.74, 6) is 1.78. The van der Waals surface area contributed by atoms with Crippen molar-refractivity contribution in [2.24, 2.45) is 23.0 Å². The number of hydrogen-bond acceptors (Lipinski definition) is 2. The minimum atomic E-state index is 0.413.